The zero-order valence-corrected chi connectivity index (χ0v) is 49.4. The predicted molar refractivity (Wildman–Crippen MR) is 307 cm³/mol. The standard InChI is InChI=1S/C62H125N2O6P/c1-6-8-10-12-14-16-18-20-22-24-26-27-28-29-30-31-32-33-34-35-36-38-40-42-44-46-48-50-52-54-56-62(66)63-60(59-70-71(67,68)69-58-57-64(3,4)5)61(65)55-53-51-49-47-45-43-41-39-37-25-23-21-19-17-15-13-11-9-7-2/h29-30,60-61,65H,6-28,31-59H2,1-5H3,(H-,63,66,67,68)/b30-29-. The molecule has 3 unspecified atom stereocenters. The Morgan fingerprint density at radius 3 is 1.10 bits per heavy atom. The summed E-state index contributed by atoms with van der Waals surface area (Å²) in [6, 6.07) is -0.798. The Hall–Kier alpha value is -0.760. The van der Waals surface area contributed by atoms with E-state index >= 15 is 0 Å². The number of aliphatic hydroxyl groups excluding tert-OH is 1. The largest absolute Gasteiger partial charge is 0.756 e. The summed E-state index contributed by atoms with van der Waals surface area (Å²) in [5.74, 6) is -0.158. The molecule has 424 valence electrons. The van der Waals surface area contributed by atoms with Gasteiger partial charge in [-0.25, -0.2) is 0 Å². The molecule has 0 bridgehead atoms. The van der Waals surface area contributed by atoms with Crippen LogP contribution < -0.4 is 10.2 Å². The summed E-state index contributed by atoms with van der Waals surface area (Å²) in [6.45, 7) is 4.78. The fraction of sp³-hybridized carbons (Fsp3) is 0.952. The second-order valence-electron chi connectivity index (χ2n) is 23.1. The van der Waals surface area contributed by atoms with Crippen LogP contribution in [0.2, 0.25) is 0 Å². The molecule has 1 amide bonds. The molecule has 2 N–H and O–H groups in total. The van der Waals surface area contributed by atoms with Crippen LogP contribution in [0.15, 0.2) is 12.2 Å². The van der Waals surface area contributed by atoms with Gasteiger partial charge >= 0.3 is 0 Å². The molecular formula is C62H125N2O6P. The lowest BCUT2D eigenvalue weighted by Gasteiger charge is -2.30. The van der Waals surface area contributed by atoms with Crippen LogP contribution in [0.25, 0.3) is 0 Å². The first-order valence-electron chi connectivity index (χ1n) is 31.5. The number of phosphoric acid groups is 1. The monoisotopic (exact) mass is 1020 g/mol. The van der Waals surface area contributed by atoms with Crippen LogP contribution in [0.5, 0.6) is 0 Å². The molecule has 0 aromatic rings. The van der Waals surface area contributed by atoms with Crippen molar-refractivity contribution in [2.75, 3.05) is 40.9 Å². The molecule has 0 aliphatic heterocycles. The Kier molecular flexibility index (Phi) is 53.5. The highest BCUT2D eigenvalue weighted by atomic mass is 31.2. The van der Waals surface area contributed by atoms with E-state index in [0.29, 0.717) is 23.9 Å². The van der Waals surface area contributed by atoms with E-state index in [1.165, 1.54) is 263 Å². The third-order valence-corrected chi connectivity index (χ3v) is 15.7. The molecule has 71 heavy (non-hydrogen) atoms. The van der Waals surface area contributed by atoms with Gasteiger partial charge < -0.3 is 28.8 Å². The topological polar surface area (TPSA) is 108 Å². The van der Waals surface area contributed by atoms with Gasteiger partial charge in [-0.05, 0) is 38.5 Å². The smallest absolute Gasteiger partial charge is 0.268 e. The van der Waals surface area contributed by atoms with Gasteiger partial charge in [0.25, 0.3) is 7.82 Å². The lowest BCUT2D eigenvalue weighted by Crippen LogP contribution is -2.46. The van der Waals surface area contributed by atoms with Gasteiger partial charge in [0, 0.05) is 6.42 Å². The minimum Gasteiger partial charge on any atom is -0.756 e. The SMILES string of the molecule is CCCCCCCCCCCCCC/C=C\CCCCCCCCCCCCCCCCC(=O)NC(COP(=O)([O-])OCC[N+](C)(C)C)C(O)CCCCCCCCCCCCCCCCCCCCC. The second-order valence-corrected chi connectivity index (χ2v) is 24.5. The number of phosphoric ester groups is 1. The van der Waals surface area contributed by atoms with Gasteiger partial charge in [-0.2, -0.15) is 0 Å². The minimum absolute atomic E-state index is 0.0152. The van der Waals surface area contributed by atoms with Gasteiger partial charge in [0.15, 0.2) is 0 Å². The van der Waals surface area contributed by atoms with Crippen molar-refractivity contribution in [1.29, 1.82) is 0 Å². The Balaban J connectivity index is 4.04. The van der Waals surface area contributed by atoms with Gasteiger partial charge in [0.1, 0.15) is 13.2 Å². The number of hydrogen-bond donors (Lipinski definition) is 2. The van der Waals surface area contributed by atoms with Gasteiger partial charge in [0.05, 0.1) is 39.9 Å². The zero-order valence-electron chi connectivity index (χ0n) is 48.5. The number of rotatable bonds is 59. The fourth-order valence-electron chi connectivity index (χ4n) is 9.80. The van der Waals surface area contributed by atoms with Gasteiger partial charge in [-0.1, -0.05) is 296 Å². The van der Waals surface area contributed by atoms with Gasteiger partial charge in [0.2, 0.25) is 5.91 Å². The summed E-state index contributed by atoms with van der Waals surface area (Å²) in [6.07, 6.45) is 66.9. The first-order chi connectivity index (χ1) is 34.5. The molecule has 8 nitrogen and oxygen atoms in total. The lowest BCUT2D eigenvalue weighted by molar-refractivity contribution is -0.870. The maximum atomic E-state index is 13.0. The number of aliphatic hydroxyl groups is 1. The minimum atomic E-state index is -4.57. The van der Waals surface area contributed by atoms with Crippen LogP contribution in [-0.4, -0.2) is 68.5 Å². The van der Waals surface area contributed by atoms with E-state index < -0.39 is 20.0 Å². The van der Waals surface area contributed by atoms with Crippen LogP contribution >= 0.6 is 7.82 Å². The number of quaternary nitrogens is 1. The summed E-state index contributed by atoms with van der Waals surface area (Å²) in [7, 11) is 1.32. The molecule has 0 rings (SSSR count). The predicted octanol–water partition coefficient (Wildman–Crippen LogP) is 18.8. The van der Waals surface area contributed by atoms with Gasteiger partial charge in [-0.3, -0.25) is 9.36 Å². The average Bonchev–Trinajstić information content (AvgIpc) is 3.33. The number of unbranched alkanes of at least 4 members (excludes halogenated alkanes) is 44. The first kappa shape index (κ1) is 70.2. The van der Waals surface area contributed by atoms with E-state index in [4.69, 9.17) is 9.05 Å². The summed E-state index contributed by atoms with van der Waals surface area (Å²) < 4.78 is 23.5. The molecule has 0 saturated carbocycles. The van der Waals surface area contributed by atoms with Crippen LogP contribution in [0.1, 0.15) is 328 Å². The third-order valence-electron chi connectivity index (χ3n) is 14.8. The first-order valence-corrected chi connectivity index (χ1v) is 33.0. The third kappa shape index (κ3) is 56.8. The number of nitrogens with one attached hydrogen (secondary N) is 1. The van der Waals surface area contributed by atoms with E-state index in [1.807, 2.05) is 21.1 Å². The molecule has 9 heteroatoms. The summed E-state index contributed by atoms with van der Waals surface area (Å²) in [5, 5.41) is 14.1. The number of carbonyl (C=O) groups excluding carboxylic acids is 1. The molecular weight excluding hydrogens is 900 g/mol. The Bertz CT molecular complexity index is 1160. The Morgan fingerprint density at radius 1 is 0.479 bits per heavy atom. The fourth-order valence-corrected chi connectivity index (χ4v) is 10.5. The molecule has 0 spiro atoms. The van der Waals surface area contributed by atoms with Crippen LogP contribution in [0.3, 0.4) is 0 Å². The summed E-state index contributed by atoms with van der Waals surface area (Å²) >= 11 is 0. The average molecular weight is 1030 g/mol. The molecule has 0 aromatic carbocycles. The molecule has 0 radical (unpaired) electrons. The van der Waals surface area contributed by atoms with Crippen LogP contribution in [0.4, 0.5) is 0 Å². The van der Waals surface area contributed by atoms with Crippen molar-refractivity contribution in [2.45, 2.75) is 341 Å². The maximum Gasteiger partial charge on any atom is 0.268 e. The molecule has 0 heterocycles. The second kappa shape index (κ2) is 54.0. The molecule has 0 aromatic heterocycles. The normalized spacial score (nSPS) is 13.8. The van der Waals surface area contributed by atoms with Crippen LogP contribution in [-0.2, 0) is 18.4 Å². The highest BCUT2D eigenvalue weighted by Crippen LogP contribution is 2.38. The molecule has 0 fully saturated rings. The Labute approximate surface area is 443 Å². The van der Waals surface area contributed by atoms with Crippen molar-refractivity contribution in [3.63, 3.8) is 0 Å². The maximum absolute atomic E-state index is 13.0. The Morgan fingerprint density at radius 2 is 0.775 bits per heavy atom. The molecule has 0 aliphatic rings. The number of likely N-dealkylation sites (N-methyl/N-ethyl adjacent to an activating group) is 1. The van der Waals surface area contributed by atoms with Crippen molar-refractivity contribution < 1.29 is 32.9 Å². The van der Waals surface area contributed by atoms with Crippen molar-refractivity contribution in [3.8, 4) is 0 Å². The number of hydrogen-bond acceptors (Lipinski definition) is 6. The van der Waals surface area contributed by atoms with E-state index in [-0.39, 0.29) is 19.1 Å². The highest BCUT2D eigenvalue weighted by Gasteiger charge is 2.24. The lowest BCUT2D eigenvalue weighted by atomic mass is 10.0. The number of nitrogens with zero attached hydrogens (tertiary/aromatic N) is 1. The van der Waals surface area contributed by atoms with Gasteiger partial charge in [-0.15, -0.1) is 0 Å². The van der Waals surface area contributed by atoms with Crippen LogP contribution in [0, 0.1) is 0 Å². The van der Waals surface area contributed by atoms with E-state index in [9.17, 15) is 19.4 Å². The molecule has 0 saturated heterocycles. The quantitative estimate of drug-likeness (QED) is 0.0272. The summed E-state index contributed by atoms with van der Waals surface area (Å²) in [5.41, 5.74) is 0. The van der Waals surface area contributed by atoms with Crippen molar-refractivity contribution in [2.24, 2.45) is 0 Å². The highest BCUT2D eigenvalue weighted by molar-refractivity contribution is 7.45. The van der Waals surface area contributed by atoms with E-state index in [2.05, 4.69) is 31.3 Å². The summed E-state index contributed by atoms with van der Waals surface area (Å²) in [4.78, 5) is 25.6. The van der Waals surface area contributed by atoms with E-state index in [1.54, 1.807) is 0 Å². The number of carbonyl (C=O) groups is 1. The molecule has 0 aliphatic carbocycles. The van der Waals surface area contributed by atoms with Crippen molar-refractivity contribution in [1.82, 2.24) is 5.32 Å². The number of amides is 1. The van der Waals surface area contributed by atoms with Crippen molar-refractivity contribution >= 4 is 13.7 Å². The van der Waals surface area contributed by atoms with E-state index in [0.717, 1.165) is 38.5 Å². The van der Waals surface area contributed by atoms with Crippen molar-refractivity contribution in [3.05, 3.63) is 12.2 Å². The zero-order chi connectivity index (χ0) is 52.0. The number of allylic oxidation sites excluding steroid dienone is 2. The molecule has 3 atom stereocenters.